The number of hydrogen-bond acceptors (Lipinski definition) is 2. The standard InChI is InChI=1S/C15H16O2S/c1-2-9-18(16)10-5-8-14-15(18)11-12-6-3-4-7-13(12)17-14/h3-8,10H,2,9,11H2,1H3. The molecule has 1 aromatic rings. The van der Waals surface area contributed by atoms with E-state index < -0.39 is 9.52 Å². The molecule has 3 heteroatoms. The Bertz CT molecular complexity index is 659. The van der Waals surface area contributed by atoms with Gasteiger partial charge in [-0.3, -0.25) is 4.21 Å². The molecule has 0 saturated heterocycles. The Kier molecular flexibility index (Phi) is 2.78. The maximum Gasteiger partial charge on any atom is 0.139 e. The molecule has 1 aromatic carbocycles. The van der Waals surface area contributed by atoms with Crippen molar-refractivity contribution in [3.05, 3.63) is 53.1 Å². The summed E-state index contributed by atoms with van der Waals surface area (Å²) in [6.45, 7) is 2.07. The van der Waals surface area contributed by atoms with Crippen molar-refractivity contribution in [2.75, 3.05) is 5.75 Å². The molecular weight excluding hydrogens is 244 g/mol. The predicted molar refractivity (Wildman–Crippen MR) is 76.3 cm³/mol. The van der Waals surface area contributed by atoms with E-state index in [1.54, 1.807) is 0 Å². The maximum atomic E-state index is 12.9. The zero-order valence-corrected chi connectivity index (χ0v) is 11.2. The fourth-order valence-corrected chi connectivity index (χ4v) is 4.77. The predicted octanol–water partition coefficient (Wildman–Crippen LogP) is 2.90. The van der Waals surface area contributed by atoms with Crippen LogP contribution in [0.5, 0.6) is 5.75 Å². The second-order valence-corrected chi connectivity index (χ2v) is 7.23. The molecule has 2 aliphatic rings. The first kappa shape index (κ1) is 11.6. The van der Waals surface area contributed by atoms with Crippen molar-refractivity contribution in [1.82, 2.24) is 0 Å². The minimum Gasteiger partial charge on any atom is -0.456 e. The van der Waals surface area contributed by atoms with Crippen LogP contribution in [-0.4, -0.2) is 14.8 Å². The number of para-hydroxylation sites is 1. The van der Waals surface area contributed by atoms with Gasteiger partial charge in [0.2, 0.25) is 0 Å². The van der Waals surface area contributed by atoms with Crippen molar-refractivity contribution in [2.45, 2.75) is 19.8 Å². The summed E-state index contributed by atoms with van der Waals surface area (Å²) in [5.41, 5.74) is 1.13. The van der Waals surface area contributed by atoms with Gasteiger partial charge in [-0.05, 0) is 29.5 Å². The summed E-state index contributed by atoms with van der Waals surface area (Å²) < 4.78 is 18.8. The lowest BCUT2D eigenvalue weighted by Crippen LogP contribution is -2.28. The van der Waals surface area contributed by atoms with Gasteiger partial charge >= 0.3 is 0 Å². The van der Waals surface area contributed by atoms with E-state index in [0.29, 0.717) is 5.75 Å². The van der Waals surface area contributed by atoms with Gasteiger partial charge in [0.1, 0.15) is 11.5 Å². The summed E-state index contributed by atoms with van der Waals surface area (Å²) in [5.74, 6) is 2.39. The van der Waals surface area contributed by atoms with Crippen LogP contribution in [-0.2, 0) is 15.9 Å². The SMILES string of the molecule is CCCS1(=O)=C2Cc3ccccc3OC2=CC=C1. The molecule has 2 aliphatic heterocycles. The number of hydrogen-bond donors (Lipinski definition) is 0. The molecule has 0 radical (unpaired) electrons. The van der Waals surface area contributed by atoms with Crippen molar-refractivity contribution in [2.24, 2.45) is 0 Å². The van der Waals surface area contributed by atoms with Crippen molar-refractivity contribution in [1.29, 1.82) is 0 Å². The van der Waals surface area contributed by atoms with Crippen LogP contribution < -0.4 is 4.74 Å². The van der Waals surface area contributed by atoms with E-state index in [4.69, 9.17) is 4.74 Å². The van der Waals surface area contributed by atoms with Crippen molar-refractivity contribution < 1.29 is 8.95 Å². The lowest BCUT2D eigenvalue weighted by atomic mass is 10.0. The second kappa shape index (κ2) is 4.32. The van der Waals surface area contributed by atoms with Gasteiger partial charge < -0.3 is 4.74 Å². The van der Waals surface area contributed by atoms with E-state index in [0.717, 1.165) is 34.8 Å². The topological polar surface area (TPSA) is 26.3 Å². The molecule has 94 valence electrons. The van der Waals surface area contributed by atoms with E-state index in [1.165, 1.54) is 0 Å². The molecule has 0 bridgehead atoms. The molecule has 0 spiro atoms. The average Bonchev–Trinajstić information content (AvgIpc) is 2.37. The summed E-state index contributed by atoms with van der Waals surface area (Å²) in [6.07, 6.45) is 5.45. The average molecular weight is 260 g/mol. The number of ether oxygens (including phenoxy) is 1. The van der Waals surface area contributed by atoms with Crippen LogP contribution in [0.25, 0.3) is 0 Å². The van der Waals surface area contributed by atoms with Gasteiger partial charge in [-0.2, -0.15) is 0 Å². The Balaban J connectivity index is 2.16. The van der Waals surface area contributed by atoms with Crippen LogP contribution in [0.3, 0.4) is 0 Å². The Morgan fingerprint density at radius 2 is 2.17 bits per heavy atom. The van der Waals surface area contributed by atoms with E-state index >= 15 is 0 Å². The highest BCUT2D eigenvalue weighted by Crippen LogP contribution is 2.30. The fraction of sp³-hybridized carbons (Fsp3) is 0.267. The highest BCUT2D eigenvalue weighted by Gasteiger charge is 2.26. The van der Waals surface area contributed by atoms with E-state index in [9.17, 15) is 4.21 Å². The van der Waals surface area contributed by atoms with Crippen molar-refractivity contribution >= 4 is 14.4 Å². The smallest absolute Gasteiger partial charge is 0.139 e. The third-order valence-electron chi connectivity index (χ3n) is 3.29. The zero-order chi connectivity index (χ0) is 12.6. The normalized spacial score (nSPS) is 24.9. The van der Waals surface area contributed by atoms with Crippen molar-refractivity contribution in [3.63, 3.8) is 0 Å². The molecule has 18 heavy (non-hydrogen) atoms. The number of fused-ring (bicyclic) bond motifs is 2. The van der Waals surface area contributed by atoms with Gasteiger partial charge in [0.25, 0.3) is 0 Å². The van der Waals surface area contributed by atoms with Crippen LogP contribution in [0.1, 0.15) is 18.9 Å². The highest BCUT2D eigenvalue weighted by molar-refractivity contribution is 8.05. The largest absolute Gasteiger partial charge is 0.456 e. The number of rotatable bonds is 2. The van der Waals surface area contributed by atoms with Crippen LogP contribution >= 0.6 is 0 Å². The number of allylic oxidation sites excluding steroid dienone is 3. The first-order chi connectivity index (χ1) is 8.73. The third-order valence-corrected chi connectivity index (χ3v) is 6.08. The molecule has 0 N–H and O–H groups in total. The van der Waals surface area contributed by atoms with Gasteiger partial charge in [0.05, 0.1) is 4.86 Å². The summed E-state index contributed by atoms with van der Waals surface area (Å²) in [7, 11) is -2.04. The van der Waals surface area contributed by atoms with Crippen molar-refractivity contribution in [3.8, 4) is 5.75 Å². The quantitative estimate of drug-likeness (QED) is 0.764. The Labute approximate surface area is 108 Å². The van der Waals surface area contributed by atoms with E-state index in [-0.39, 0.29) is 0 Å². The summed E-state index contributed by atoms with van der Waals surface area (Å²) in [4.78, 5) is 0.963. The van der Waals surface area contributed by atoms with Crippen LogP contribution in [0.4, 0.5) is 0 Å². The zero-order valence-electron chi connectivity index (χ0n) is 10.4. The molecule has 1 atom stereocenters. The minimum atomic E-state index is -2.04. The van der Waals surface area contributed by atoms with E-state index in [2.05, 4.69) is 6.92 Å². The molecule has 0 aliphatic carbocycles. The number of benzene rings is 1. The van der Waals surface area contributed by atoms with Crippen LogP contribution in [0.15, 0.2) is 47.6 Å². The van der Waals surface area contributed by atoms with Gasteiger partial charge in [-0.15, -0.1) is 0 Å². The van der Waals surface area contributed by atoms with Gasteiger partial charge in [0.15, 0.2) is 0 Å². The van der Waals surface area contributed by atoms with Gasteiger partial charge in [-0.25, -0.2) is 0 Å². The molecule has 0 aromatic heterocycles. The highest BCUT2D eigenvalue weighted by atomic mass is 32.2. The molecule has 3 rings (SSSR count). The lowest BCUT2D eigenvalue weighted by Gasteiger charge is -2.26. The molecule has 2 heterocycles. The molecule has 1 unspecified atom stereocenters. The Morgan fingerprint density at radius 3 is 3.00 bits per heavy atom. The second-order valence-electron chi connectivity index (χ2n) is 4.60. The first-order valence-corrected chi connectivity index (χ1v) is 8.04. The first-order valence-electron chi connectivity index (χ1n) is 6.25. The summed E-state index contributed by atoms with van der Waals surface area (Å²) in [6, 6.07) is 7.97. The maximum absolute atomic E-state index is 12.9. The molecule has 0 saturated carbocycles. The van der Waals surface area contributed by atoms with Gasteiger partial charge in [0, 0.05) is 21.7 Å². The molecule has 0 amide bonds. The molecular formula is C15H16O2S. The Morgan fingerprint density at radius 1 is 1.33 bits per heavy atom. The fourth-order valence-electron chi connectivity index (χ4n) is 2.43. The van der Waals surface area contributed by atoms with Gasteiger partial charge in [-0.1, -0.05) is 31.2 Å². The summed E-state index contributed by atoms with van der Waals surface area (Å²) in [5, 5.41) is 1.85. The minimum absolute atomic E-state index is 0.710. The van der Waals surface area contributed by atoms with E-state index in [1.807, 2.05) is 41.8 Å². The third kappa shape index (κ3) is 1.79. The summed E-state index contributed by atoms with van der Waals surface area (Å²) >= 11 is 0. The molecule has 2 nitrogen and oxygen atoms in total. The Hall–Kier alpha value is -1.48. The lowest BCUT2D eigenvalue weighted by molar-refractivity contribution is 0.441. The monoisotopic (exact) mass is 260 g/mol. The van der Waals surface area contributed by atoms with Crippen LogP contribution in [0.2, 0.25) is 0 Å². The molecule has 0 fully saturated rings. The van der Waals surface area contributed by atoms with Crippen LogP contribution in [0, 0.1) is 0 Å².